The molecule has 0 saturated heterocycles. The summed E-state index contributed by atoms with van der Waals surface area (Å²) in [5.41, 5.74) is 2.97. The second kappa shape index (κ2) is 7.77. The fourth-order valence-corrected chi connectivity index (χ4v) is 3.91. The summed E-state index contributed by atoms with van der Waals surface area (Å²) in [6.07, 6.45) is 0. The molecule has 3 aromatic rings. The number of aromatic nitrogens is 2. The lowest BCUT2D eigenvalue weighted by atomic mass is 10.0. The van der Waals surface area contributed by atoms with E-state index in [0.717, 1.165) is 15.2 Å². The Hall–Kier alpha value is -1.92. The van der Waals surface area contributed by atoms with Crippen LogP contribution in [0.1, 0.15) is 30.9 Å². The summed E-state index contributed by atoms with van der Waals surface area (Å²) in [7, 11) is 0. The molecule has 6 heteroatoms. The Morgan fingerprint density at radius 3 is 2.54 bits per heavy atom. The monoisotopic (exact) mass is 359 g/mol. The number of rotatable bonds is 6. The molecule has 1 heterocycles. The van der Waals surface area contributed by atoms with Gasteiger partial charge in [-0.05, 0) is 35.2 Å². The first kappa shape index (κ1) is 16.9. The first-order valence-corrected chi connectivity index (χ1v) is 9.48. The van der Waals surface area contributed by atoms with Crippen molar-refractivity contribution in [2.45, 2.75) is 29.9 Å². The van der Waals surface area contributed by atoms with Crippen LogP contribution in [0.25, 0.3) is 0 Å². The standard InChI is InChI=1S/C18H18FN3S2/c1-12(2)13-7-9-15(10-8-13)20-17-21-22-18(24-17)23-11-14-5-3-4-6-16(14)19/h3-10,12H,11H2,1-2H3,(H,20,21). The highest BCUT2D eigenvalue weighted by atomic mass is 32.2. The van der Waals surface area contributed by atoms with Crippen molar-refractivity contribution in [1.82, 2.24) is 10.2 Å². The predicted molar refractivity (Wildman–Crippen MR) is 99.7 cm³/mol. The van der Waals surface area contributed by atoms with E-state index in [1.54, 1.807) is 12.1 Å². The SMILES string of the molecule is CC(C)c1ccc(Nc2nnc(SCc3ccccc3F)s2)cc1. The number of anilines is 2. The Labute approximate surface area is 149 Å². The van der Waals surface area contributed by atoms with Gasteiger partial charge in [-0.25, -0.2) is 4.39 Å². The number of halogens is 1. The van der Waals surface area contributed by atoms with Crippen LogP contribution in [0, 0.1) is 5.82 Å². The fraction of sp³-hybridized carbons (Fsp3) is 0.222. The summed E-state index contributed by atoms with van der Waals surface area (Å²) in [4.78, 5) is 0. The molecule has 0 aliphatic rings. The van der Waals surface area contributed by atoms with Gasteiger partial charge in [0.2, 0.25) is 5.13 Å². The minimum Gasteiger partial charge on any atom is -0.330 e. The lowest BCUT2D eigenvalue weighted by molar-refractivity contribution is 0.617. The predicted octanol–water partition coefficient (Wildman–Crippen LogP) is 5.84. The second-order valence-corrected chi connectivity index (χ2v) is 7.85. The molecule has 124 valence electrons. The van der Waals surface area contributed by atoms with Gasteiger partial charge in [-0.15, -0.1) is 10.2 Å². The quantitative estimate of drug-likeness (QED) is 0.561. The van der Waals surface area contributed by atoms with Gasteiger partial charge in [0.15, 0.2) is 4.34 Å². The summed E-state index contributed by atoms with van der Waals surface area (Å²) in [5, 5.41) is 12.3. The van der Waals surface area contributed by atoms with Gasteiger partial charge in [0, 0.05) is 11.4 Å². The fourth-order valence-electron chi connectivity index (χ4n) is 2.15. The smallest absolute Gasteiger partial charge is 0.210 e. The number of nitrogens with zero attached hydrogens (tertiary/aromatic N) is 2. The molecular weight excluding hydrogens is 341 g/mol. The number of hydrogen-bond acceptors (Lipinski definition) is 5. The summed E-state index contributed by atoms with van der Waals surface area (Å²) >= 11 is 2.96. The molecule has 0 saturated carbocycles. The van der Waals surface area contributed by atoms with Crippen LogP contribution < -0.4 is 5.32 Å². The molecule has 24 heavy (non-hydrogen) atoms. The summed E-state index contributed by atoms with van der Waals surface area (Å²) in [6.45, 7) is 4.35. The van der Waals surface area contributed by atoms with Crippen molar-refractivity contribution in [3.05, 3.63) is 65.5 Å². The molecule has 0 spiro atoms. The largest absolute Gasteiger partial charge is 0.330 e. The van der Waals surface area contributed by atoms with Gasteiger partial charge >= 0.3 is 0 Å². The summed E-state index contributed by atoms with van der Waals surface area (Å²) in [6, 6.07) is 15.1. The van der Waals surface area contributed by atoms with Gasteiger partial charge in [0.05, 0.1) is 0 Å². The lowest BCUT2D eigenvalue weighted by Crippen LogP contribution is -1.91. The third-order valence-electron chi connectivity index (χ3n) is 3.54. The van der Waals surface area contributed by atoms with E-state index in [1.165, 1.54) is 34.7 Å². The van der Waals surface area contributed by atoms with Crippen LogP contribution in [0.4, 0.5) is 15.2 Å². The average Bonchev–Trinajstić information content (AvgIpc) is 3.02. The minimum absolute atomic E-state index is 0.182. The van der Waals surface area contributed by atoms with Crippen molar-refractivity contribution >= 4 is 33.9 Å². The second-order valence-electron chi connectivity index (χ2n) is 5.65. The van der Waals surface area contributed by atoms with Gasteiger partial charge < -0.3 is 5.32 Å². The molecule has 0 fully saturated rings. The van der Waals surface area contributed by atoms with E-state index in [1.807, 2.05) is 18.2 Å². The molecule has 0 atom stereocenters. The molecule has 1 N–H and O–H groups in total. The van der Waals surface area contributed by atoms with Crippen molar-refractivity contribution < 1.29 is 4.39 Å². The highest BCUT2D eigenvalue weighted by Crippen LogP contribution is 2.30. The van der Waals surface area contributed by atoms with Crippen LogP contribution in [0.5, 0.6) is 0 Å². The maximum atomic E-state index is 13.6. The number of hydrogen-bond donors (Lipinski definition) is 1. The molecule has 1 aromatic heterocycles. The maximum Gasteiger partial charge on any atom is 0.210 e. The van der Waals surface area contributed by atoms with Crippen LogP contribution in [0.3, 0.4) is 0 Å². The first-order chi connectivity index (χ1) is 11.6. The van der Waals surface area contributed by atoms with Crippen molar-refractivity contribution in [3.63, 3.8) is 0 Å². The van der Waals surface area contributed by atoms with Crippen molar-refractivity contribution in [1.29, 1.82) is 0 Å². The molecule has 0 aliphatic carbocycles. The molecule has 2 aromatic carbocycles. The van der Waals surface area contributed by atoms with E-state index in [4.69, 9.17) is 0 Å². The van der Waals surface area contributed by atoms with E-state index in [9.17, 15) is 4.39 Å². The highest BCUT2D eigenvalue weighted by Gasteiger charge is 2.08. The van der Waals surface area contributed by atoms with Crippen molar-refractivity contribution in [2.24, 2.45) is 0 Å². The average molecular weight is 359 g/mol. The zero-order valence-corrected chi connectivity index (χ0v) is 15.1. The molecule has 0 bridgehead atoms. The third kappa shape index (κ3) is 4.33. The number of thioether (sulfide) groups is 1. The zero-order valence-electron chi connectivity index (χ0n) is 13.5. The van der Waals surface area contributed by atoms with E-state index >= 15 is 0 Å². The van der Waals surface area contributed by atoms with Crippen molar-refractivity contribution in [2.75, 3.05) is 5.32 Å². The molecule has 0 radical (unpaired) electrons. The normalized spacial score (nSPS) is 11.0. The van der Waals surface area contributed by atoms with Crippen molar-refractivity contribution in [3.8, 4) is 0 Å². The van der Waals surface area contributed by atoms with Gasteiger partial charge in [0.1, 0.15) is 5.82 Å². The molecule has 0 amide bonds. The molecule has 0 unspecified atom stereocenters. The van der Waals surface area contributed by atoms with Gasteiger partial charge in [-0.2, -0.15) is 0 Å². The topological polar surface area (TPSA) is 37.8 Å². The number of benzene rings is 2. The summed E-state index contributed by atoms with van der Waals surface area (Å²) < 4.78 is 14.4. The van der Waals surface area contributed by atoms with Crippen LogP contribution in [-0.2, 0) is 5.75 Å². The highest BCUT2D eigenvalue weighted by molar-refractivity contribution is 8.00. The summed E-state index contributed by atoms with van der Waals surface area (Å²) in [5.74, 6) is 0.879. The number of nitrogens with one attached hydrogen (secondary N) is 1. The molecular formula is C18H18FN3S2. The Morgan fingerprint density at radius 2 is 1.83 bits per heavy atom. The Kier molecular flexibility index (Phi) is 5.48. The van der Waals surface area contributed by atoms with Gasteiger partial charge in [-0.1, -0.05) is 67.3 Å². The third-order valence-corrected chi connectivity index (χ3v) is 5.56. The Balaban J connectivity index is 1.60. The molecule has 3 rings (SSSR count). The van der Waals surface area contributed by atoms with Crippen LogP contribution in [0.15, 0.2) is 52.9 Å². The Bertz CT molecular complexity index is 800. The van der Waals surface area contributed by atoms with E-state index in [2.05, 4.69) is 41.5 Å². The van der Waals surface area contributed by atoms with Crippen LogP contribution in [-0.4, -0.2) is 10.2 Å². The van der Waals surface area contributed by atoms with Gasteiger partial charge in [-0.3, -0.25) is 0 Å². The maximum absolute atomic E-state index is 13.6. The lowest BCUT2D eigenvalue weighted by Gasteiger charge is -2.06. The zero-order chi connectivity index (χ0) is 16.9. The minimum atomic E-state index is -0.182. The van der Waals surface area contributed by atoms with Crippen LogP contribution >= 0.6 is 23.1 Å². The van der Waals surface area contributed by atoms with Crippen LogP contribution in [0.2, 0.25) is 0 Å². The van der Waals surface area contributed by atoms with E-state index < -0.39 is 0 Å². The first-order valence-electron chi connectivity index (χ1n) is 7.68. The van der Waals surface area contributed by atoms with E-state index in [-0.39, 0.29) is 5.82 Å². The molecule has 0 aliphatic heterocycles. The van der Waals surface area contributed by atoms with Gasteiger partial charge in [0.25, 0.3) is 0 Å². The Morgan fingerprint density at radius 1 is 1.08 bits per heavy atom. The van der Waals surface area contributed by atoms with E-state index in [0.29, 0.717) is 17.2 Å². The molecule has 3 nitrogen and oxygen atoms in total.